The summed E-state index contributed by atoms with van der Waals surface area (Å²) in [6, 6.07) is 1.96. The Balaban J connectivity index is 2.15. The van der Waals surface area contributed by atoms with Crippen LogP contribution in [-0.4, -0.2) is 11.1 Å². The minimum absolute atomic E-state index is 0.267. The van der Waals surface area contributed by atoms with Crippen molar-refractivity contribution in [2.75, 3.05) is 0 Å². The van der Waals surface area contributed by atoms with Gasteiger partial charge in [0.25, 0.3) is 0 Å². The normalized spacial score (nSPS) is 20.0. The molecule has 1 N–H and O–H groups in total. The molecular formula is C12H16O2S. The zero-order valence-corrected chi connectivity index (χ0v) is 9.50. The first-order valence-electron chi connectivity index (χ1n) is 5.54. The molecule has 0 aromatic carbocycles. The van der Waals surface area contributed by atoms with Crippen molar-refractivity contribution in [1.82, 2.24) is 0 Å². The Hall–Kier alpha value is -0.830. The van der Waals surface area contributed by atoms with Crippen LogP contribution in [0.1, 0.15) is 43.6 Å². The second-order valence-corrected chi connectivity index (χ2v) is 5.05. The van der Waals surface area contributed by atoms with Gasteiger partial charge in [0.1, 0.15) is 0 Å². The Labute approximate surface area is 93.9 Å². The van der Waals surface area contributed by atoms with Gasteiger partial charge in [-0.25, -0.2) is 0 Å². The molecular weight excluding hydrogens is 208 g/mol. The van der Waals surface area contributed by atoms with E-state index in [-0.39, 0.29) is 5.92 Å². The van der Waals surface area contributed by atoms with E-state index in [1.807, 2.05) is 16.8 Å². The van der Waals surface area contributed by atoms with Gasteiger partial charge >= 0.3 is 5.97 Å². The number of carboxylic acid groups (broad SMARTS) is 1. The zero-order chi connectivity index (χ0) is 10.7. The summed E-state index contributed by atoms with van der Waals surface area (Å²) >= 11 is 1.59. The van der Waals surface area contributed by atoms with Crippen molar-refractivity contribution < 1.29 is 9.90 Å². The van der Waals surface area contributed by atoms with Gasteiger partial charge in [-0.2, -0.15) is 11.3 Å². The largest absolute Gasteiger partial charge is 0.481 e. The second-order valence-electron chi connectivity index (χ2n) is 4.27. The molecule has 1 unspecified atom stereocenters. The summed E-state index contributed by atoms with van der Waals surface area (Å²) in [7, 11) is 0. The molecule has 1 heterocycles. The molecule has 0 amide bonds. The maximum Gasteiger partial charge on any atom is 0.311 e. The Morgan fingerprint density at radius 3 is 2.67 bits per heavy atom. The minimum atomic E-state index is -0.652. The molecule has 1 aliphatic rings. The Kier molecular flexibility index (Phi) is 3.41. The van der Waals surface area contributed by atoms with Gasteiger partial charge in [0.2, 0.25) is 0 Å². The molecule has 1 fully saturated rings. The van der Waals surface area contributed by atoms with Crippen molar-refractivity contribution in [3.05, 3.63) is 22.4 Å². The lowest BCUT2D eigenvalue weighted by Crippen LogP contribution is -2.23. The van der Waals surface area contributed by atoms with Crippen LogP contribution >= 0.6 is 11.3 Å². The van der Waals surface area contributed by atoms with Crippen LogP contribution in [0.25, 0.3) is 0 Å². The summed E-state index contributed by atoms with van der Waals surface area (Å²) in [6.45, 7) is 0. The van der Waals surface area contributed by atoms with E-state index in [0.717, 1.165) is 18.4 Å². The van der Waals surface area contributed by atoms with Gasteiger partial charge in [0, 0.05) is 0 Å². The fraction of sp³-hybridized carbons (Fsp3) is 0.583. The van der Waals surface area contributed by atoms with Gasteiger partial charge in [-0.05, 0) is 41.1 Å². The molecule has 1 aliphatic carbocycles. The summed E-state index contributed by atoms with van der Waals surface area (Å²) < 4.78 is 0. The van der Waals surface area contributed by atoms with E-state index in [2.05, 4.69) is 0 Å². The highest BCUT2D eigenvalue weighted by atomic mass is 32.1. The van der Waals surface area contributed by atoms with E-state index in [0.29, 0.717) is 5.92 Å². The summed E-state index contributed by atoms with van der Waals surface area (Å²) in [4.78, 5) is 11.3. The minimum Gasteiger partial charge on any atom is -0.481 e. The molecule has 0 aliphatic heterocycles. The summed E-state index contributed by atoms with van der Waals surface area (Å²) in [5.41, 5.74) is 0.999. The Morgan fingerprint density at radius 1 is 1.40 bits per heavy atom. The van der Waals surface area contributed by atoms with Gasteiger partial charge in [0.15, 0.2) is 0 Å². The highest BCUT2D eigenvalue weighted by Crippen LogP contribution is 2.36. The quantitative estimate of drug-likeness (QED) is 0.853. The Morgan fingerprint density at radius 2 is 2.13 bits per heavy atom. The number of rotatable bonds is 3. The fourth-order valence-electron chi connectivity index (χ4n) is 2.54. The van der Waals surface area contributed by atoms with E-state index in [1.54, 1.807) is 11.3 Å². The van der Waals surface area contributed by atoms with Crippen LogP contribution < -0.4 is 0 Å². The molecule has 1 aromatic heterocycles. The third kappa shape index (κ3) is 2.40. The average molecular weight is 224 g/mol. The van der Waals surface area contributed by atoms with Crippen molar-refractivity contribution >= 4 is 17.3 Å². The maximum atomic E-state index is 11.3. The van der Waals surface area contributed by atoms with E-state index in [4.69, 9.17) is 0 Å². The molecule has 3 heteroatoms. The smallest absolute Gasteiger partial charge is 0.311 e. The molecule has 0 saturated heterocycles. The molecule has 15 heavy (non-hydrogen) atoms. The van der Waals surface area contributed by atoms with E-state index >= 15 is 0 Å². The molecule has 1 atom stereocenters. The molecule has 1 aromatic rings. The number of hydrogen-bond acceptors (Lipinski definition) is 2. The Bertz CT molecular complexity index is 312. The SMILES string of the molecule is O=C(O)C(c1ccsc1)C1CCCCC1. The number of thiophene rings is 1. The number of carbonyl (C=O) groups is 1. The highest BCUT2D eigenvalue weighted by molar-refractivity contribution is 7.08. The number of aliphatic carboxylic acids is 1. The number of hydrogen-bond donors (Lipinski definition) is 1. The predicted octanol–water partition coefficient (Wildman–Crippen LogP) is 3.50. The van der Waals surface area contributed by atoms with Gasteiger partial charge in [-0.1, -0.05) is 19.3 Å². The monoisotopic (exact) mass is 224 g/mol. The standard InChI is InChI=1S/C12H16O2S/c13-12(14)11(10-6-7-15-8-10)9-4-2-1-3-5-9/h6-9,11H,1-5H2,(H,13,14). The molecule has 2 nitrogen and oxygen atoms in total. The van der Waals surface area contributed by atoms with Crippen LogP contribution in [0.5, 0.6) is 0 Å². The topological polar surface area (TPSA) is 37.3 Å². The lowest BCUT2D eigenvalue weighted by Gasteiger charge is -2.26. The van der Waals surface area contributed by atoms with Crippen molar-refractivity contribution in [1.29, 1.82) is 0 Å². The predicted molar refractivity (Wildman–Crippen MR) is 61.3 cm³/mol. The van der Waals surface area contributed by atoms with Crippen LogP contribution in [0.2, 0.25) is 0 Å². The molecule has 82 valence electrons. The van der Waals surface area contributed by atoms with E-state index in [1.165, 1.54) is 19.3 Å². The lowest BCUT2D eigenvalue weighted by atomic mass is 9.77. The average Bonchev–Trinajstić information content (AvgIpc) is 2.72. The van der Waals surface area contributed by atoms with Crippen molar-refractivity contribution in [3.8, 4) is 0 Å². The van der Waals surface area contributed by atoms with Gasteiger partial charge in [0.05, 0.1) is 5.92 Å². The van der Waals surface area contributed by atoms with E-state index in [9.17, 15) is 9.90 Å². The van der Waals surface area contributed by atoms with Crippen LogP contribution in [0, 0.1) is 5.92 Å². The zero-order valence-electron chi connectivity index (χ0n) is 8.69. The molecule has 1 saturated carbocycles. The second kappa shape index (κ2) is 4.79. The first kappa shape index (κ1) is 10.7. The first-order chi connectivity index (χ1) is 7.29. The fourth-order valence-corrected chi connectivity index (χ4v) is 3.23. The van der Waals surface area contributed by atoms with Gasteiger partial charge in [-0.15, -0.1) is 0 Å². The molecule has 0 radical (unpaired) electrons. The molecule has 2 rings (SSSR count). The van der Waals surface area contributed by atoms with Crippen molar-refractivity contribution in [2.24, 2.45) is 5.92 Å². The summed E-state index contributed by atoms with van der Waals surface area (Å²) in [5, 5.41) is 13.2. The van der Waals surface area contributed by atoms with E-state index < -0.39 is 5.97 Å². The first-order valence-corrected chi connectivity index (χ1v) is 6.48. The van der Waals surface area contributed by atoms with Crippen LogP contribution in [0.4, 0.5) is 0 Å². The highest BCUT2D eigenvalue weighted by Gasteiger charge is 2.30. The van der Waals surface area contributed by atoms with Crippen LogP contribution in [-0.2, 0) is 4.79 Å². The lowest BCUT2D eigenvalue weighted by molar-refractivity contribution is -0.140. The van der Waals surface area contributed by atoms with Crippen LogP contribution in [0.3, 0.4) is 0 Å². The molecule has 0 bridgehead atoms. The molecule has 0 spiro atoms. The van der Waals surface area contributed by atoms with Gasteiger partial charge in [-0.3, -0.25) is 4.79 Å². The summed E-state index contributed by atoms with van der Waals surface area (Å²) in [6.07, 6.45) is 5.81. The summed E-state index contributed by atoms with van der Waals surface area (Å²) in [5.74, 6) is -0.567. The van der Waals surface area contributed by atoms with Crippen molar-refractivity contribution in [2.45, 2.75) is 38.0 Å². The van der Waals surface area contributed by atoms with Gasteiger partial charge < -0.3 is 5.11 Å². The third-order valence-corrected chi connectivity index (χ3v) is 3.99. The maximum absolute atomic E-state index is 11.3. The van der Waals surface area contributed by atoms with Crippen LogP contribution in [0.15, 0.2) is 16.8 Å². The number of carboxylic acids is 1. The third-order valence-electron chi connectivity index (χ3n) is 3.29. The van der Waals surface area contributed by atoms with Crippen molar-refractivity contribution in [3.63, 3.8) is 0 Å².